The maximum Gasteiger partial charge on any atom is 0.220 e. The van der Waals surface area contributed by atoms with Crippen LogP contribution in [-0.4, -0.2) is 49.7 Å². The molecule has 1 atom stereocenters. The molecular weight excluding hydrogens is 252 g/mol. The van der Waals surface area contributed by atoms with Gasteiger partial charge in [-0.05, 0) is 39.2 Å². The standard InChI is InChI=1S/C16H30N2O2/c1-18(14-6-3-2-4-7-14)12-11-17-16(19)10-9-15-8-5-13-20-15/h14-15H,2-13H2,1H3,(H,17,19). The SMILES string of the molecule is CN(CCNC(=O)CCC1CCCO1)C1CCCCC1. The second-order valence-electron chi connectivity index (χ2n) is 6.30. The summed E-state index contributed by atoms with van der Waals surface area (Å²) in [5.41, 5.74) is 0. The lowest BCUT2D eigenvalue weighted by atomic mass is 9.94. The number of nitrogens with zero attached hydrogens (tertiary/aromatic N) is 1. The molecule has 0 spiro atoms. The van der Waals surface area contributed by atoms with Crippen LogP contribution in [0.5, 0.6) is 0 Å². The number of carbonyl (C=O) groups is 1. The molecule has 1 amide bonds. The van der Waals surface area contributed by atoms with Crippen LogP contribution in [0.15, 0.2) is 0 Å². The number of hydrogen-bond acceptors (Lipinski definition) is 3. The molecule has 1 N–H and O–H groups in total. The van der Waals surface area contributed by atoms with Crippen LogP contribution in [-0.2, 0) is 9.53 Å². The van der Waals surface area contributed by atoms with Gasteiger partial charge in [-0.15, -0.1) is 0 Å². The molecule has 0 aromatic rings. The molecule has 1 unspecified atom stereocenters. The van der Waals surface area contributed by atoms with E-state index in [1.165, 1.54) is 32.1 Å². The van der Waals surface area contributed by atoms with Gasteiger partial charge in [-0.2, -0.15) is 0 Å². The highest BCUT2D eigenvalue weighted by Gasteiger charge is 2.18. The number of likely N-dealkylation sites (N-methyl/N-ethyl adjacent to an activating group) is 1. The maximum absolute atomic E-state index is 11.8. The first-order chi connectivity index (χ1) is 9.75. The molecule has 1 aliphatic carbocycles. The van der Waals surface area contributed by atoms with Crippen LogP contribution in [0, 0.1) is 0 Å². The van der Waals surface area contributed by atoms with Crippen molar-refractivity contribution in [1.82, 2.24) is 10.2 Å². The average molecular weight is 282 g/mol. The second-order valence-corrected chi connectivity index (χ2v) is 6.30. The van der Waals surface area contributed by atoms with Crippen molar-refractivity contribution in [2.75, 3.05) is 26.7 Å². The molecule has 0 aromatic carbocycles. The fourth-order valence-electron chi connectivity index (χ4n) is 3.33. The molecule has 20 heavy (non-hydrogen) atoms. The zero-order chi connectivity index (χ0) is 14.2. The van der Waals surface area contributed by atoms with Crippen molar-refractivity contribution in [3.05, 3.63) is 0 Å². The first-order valence-corrected chi connectivity index (χ1v) is 8.34. The van der Waals surface area contributed by atoms with Crippen molar-refractivity contribution >= 4 is 5.91 Å². The normalized spacial score (nSPS) is 24.2. The number of rotatable bonds is 7. The number of carbonyl (C=O) groups excluding carboxylic acids is 1. The van der Waals surface area contributed by atoms with Crippen LogP contribution in [0.3, 0.4) is 0 Å². The number of ether oxygens (including phenoxy) is 1. The van der Waals surface area contributed by atoms with Crippen LogP contribution in [0.1, 0.15) is 57.8 Å². The van der Waals surface area contributed by atoms with Gasteiger partial charge in [0, 0.05) is 32.2 Å². The molecular formula is C16H30N2O2. The van der Waals surface area contributed by atoms with E-state index in [0.717, 1.165) is 45.0 Å². The van der Waals surface area contributed by atoms with Crippen molar-refractivity contribution in [3.63, 3.8) is 0 Å². The summed E-state index contributed by atoms with van der Waals surface area (Å²) in [5.74, 6) is 0.178. The predicted octanol–water partition coefficient (Wildman–Crippen LogP) is 2.33. The number of nitrogens with one attached hydrogen (secondary N) is 1. The van der Waals surface area contributed by atoms with E-state index in [0.29, 0.717) is 12.5 Å². The Hall–Kier alpha value is -0.610. The topological polar surface area (TPSA) is 41.6 Å². The number of hydrogen-bond donors (Lipinski definition) is 1. The Bertz CT molecular complexity index is 284. The van der Waals surface area contributed by atoms with E-state index in [1.54, 1.807) is 0 Å². The van der Waals surface area contributed by atoms with Crippen molar-refractivity contribution < 1.29 is 9.53 Å². The zero-order valence-electron chi connectivity index (χ0n) is 12.9. The molecule has 4 heteroatoms. The zero-order valence-corrected chi connectivity index (χ0v) is 12.9. The minimum atomic E-state index is 0.178. The Labute approximate surface area is 123 Å². The molecule has 1 aliphatic heterocycles. The Morgan fingerprint density at radius 2 is 2.00 bits per heavy atom. The van der Waals surface area contributed by atoms with Gasteiger partial charge in [-0.25, -0.2) is 0 Å². The van der Waals surface area contributed by atoms with Gasteiger partial charge in [0.2, 0.25) is 5.91 Å². The minimum Gasteiger partial charge on any atom is -0.378 e. The molecule has 4 nitrogen and oxygen atoms in total. The third-order valence-corrected chi connectivity index (χ3v) is 4.70. The summed E-state index contributed by atoms with van der Waals surface area (Å²) in [6.07, 6.45) is 10.9. The van der Waals surface area contributed by atoms with Crippen molar-refractivity contribution in [3.8, 4) is 0 Å². The molecule has 2 rings (SSSR count). The Kier molecular flexibility index (Phi) is 6.80. The van der Waals surface area contributed by atoms with Gasteiger partial charge in [0.1, 0.15) is 0 Å². The van der Waals surface area contributed by atoms with E-state index in [9.17, 15) is 4.79 Å². The molecule has 1 heterocycles. The van der Waals surface area contributed by atoms with Crippen LogP contribution in [0.4, 0.5) is 0 Å². The van der Waals surface area contributed by atoms with E-state index < -0.39 is 0 Å². The second kappa shape index (κ2) is 8.63. The molecule has 116 valence electrons. The Morgan fingerprint density at radius 3 is 2.70 bits per heavy atom. The van der Waals surface area contributed by atoms with E-state index in [4.69, 9.17) is 4.74 Å². The molecule has 0 radical (unpaired) electrons. The van der Waals surface area contributed by atoms with E-state index in [2.05, 4.69) is 17.3 Å². The summed E-state index contributed by atoms with van der Waals surface area (Å²) in [5, 5.41) is 3.04. The Morgan fingerprint density at radius 1 is 1.20 bits per heavy atom. The van der Waals surface area contributed by atoms with E-state index >= 15 is 0 Å². The summed E-state index contributed by atoms with van der Waals surface area (Å²) >= 11 is 0. The first kappa shape index (κ1) is 15.8. The van der Waals surface area contributed by atoms with Gasteiger partial charge in [0.05, 0.1) is 6.10 Å². The van der Waals surface area contributed by atoms with Gasteiger partial charge in [0.25, 0.3) is 0 Å². The molecule has 2 aliphatic rings. The average Bonchev–Trinajstić information content (AvgIpc) is 2.99. The van der Waals surface area contributed by atoms with Crippen LogP contribution in [0.2, 0.25) is 0 Å². The van der Waals surface area contributed by atoms with Crippen LogP contribution < -0.4 is 5.32 Å². The lowest BCUT2D eigenvalue weighted by Crippen LogP contribution is -2.39. The highest BCUT2D eigenvalue weighted by Crippen LogP contribution is 2.21. The van der Waals surface area contributed by atoms with Gasteiger partial charge in [-0.1, -0.05) is 19.3 Å². The van der Waals surface area contributed by atoms with Crippen molar-refractivity contribution in [1.29, 1.82) is 0 Å². The van der Waals surface area contributed by atoms with Crippen LogP contribution >= 0.6 is 0 Å². The summed E-state index contributed by atoms with van der Waals surface area (Å²) < 4.78 is 5.54. The number of amides is 1. The van der Waals surface area contributed by atoms with Crippen molar-refractivity contribution in [2.24, 2.45) is 0 Å². The van der Waals surface area contributed by atoms with Gasteiger partial charge >= 0.3 is 0 Å². The van der Waals surface area contributed by atoms with E-state index in [-0.39, 0.29) is 5.91 Å². The highest BCUT2D eigenvalue weighted by atomic mass is 16.5. The molecule has 1 saturated carbocycles. The Balaban J connectivity index is 1.51. The fraction of sp³-hybridized carbons (Fsp3) is 0.938. The summed E-state index contributed by atoms with van der Waals surface area (Å²) in [7, 11) is 2.19. The lowest BCUT2D eigenvalue weighted by molar-refractivity contribution is -0.121. The van der Waals surface area contributed by atoms with Crippen molar-refractivity contribution in [2.45, 2.75) is 69.9 Å². The van der Waals surface area contributed by atoms with Gasteiger partial charge in [-0.3, -0.25) is 4.79 Å². The first-order valence-electron chi connectivity index (χ1n) is 8.34. The smallest absolute Gasteiger partial charge is 0.220 e. The molecule has 1 saturated heterocycles. The van der Waals surface area contributed by atoms with Crippen LogP contribution in [0.25, 0.3) is 0 Å². The molecule has 0 bridgehead atoms. The lowest BCUT2D eigenvalue weighted by Gasteiger charge is -2.31. The fourth-order valence-corrected chi connectivity index (χ4v) is 3.33. The molecule has 2 fully saturated rings. The van der Waals surface area contributed by atoms with Gasteiger partial charge in [0.15, 0.2) is 0 Å². The monoisotopic (exact) mass is 282 g/mol. The summed E-state index contributed by atoms with van der Waals surface area (Å²) in [6.45, 7) is 2.62. The predicted molar refractivity (Wildman–Crippen MR) is 80.7 cm³/mol. The summed E-state index contributed by atoms with van der Waals surface area (Å²) in [4.78, 5) is 14.2. The third kappa shape index (κ3) is 5.41. The van der Waals surface area contributed by atoms with E-state index in [1.807, 2.05) is 0 Å². The van der Waals surface area contributed by atoms with Gasteiger partial charge < -0.3 is 15.0 Å². The highest BCUT2D eigenvalue weighted by molar-refractivity contribution is 5.75. The maximum atomic E-state index is 11.8. The quantitative estimate of drug-likeness (QED) is 0.779. The summed E-state index contributed by atoms with van der Waals surface area (Å²) in [6, 6.07) is 0.729. The third-order valence-electron chi connectivity index (χ3n) is 4.70. The molecule has 0 aromatic heterocycles. The minimum absolute atomic E-state index is 0.178. The largest absolute Gasteiger partial charge is 0.378 e.